The first kappa shape index (κ1) is 15.9. The number of benzene rings is 1. The van der Waals surface area contributed by atoms with Crippen molar-refractivity contribution < 1.29 is 23.2 Å². The smallest absolute Gasteiger partial charge is 0.497 e. The summed E-state index contributed by atoms with van der Waals surface area (Å²) in [7, 11) is 1.13. The number of rotatable bonds is 3. The number of fused-ring (bicyclic) bond motifs is 1. The number of hydrogen-bond acceptors (Lipinski definition) is 6. The molecule has 0 saturated carbocycles. The van der Waals surface area contributed by atoms with E-state index in [1.165, 1.54) is 0 Å². The minimum absolute atomic E-state index is 0.240. The van der Waals surface area contributed by atoms with Crippen LogP contribution in [0, 0.1) is 0 Å². The van der Waals surface area contributed by atoms with Gasteiger partial charge in [-0.05, 0) is 33.8 Å². The number of methoxy groups -OCH3 is 1. The Balaban J connectivity index is 1.74. The molecule has 0 unspecified atom stereocenters. The zero-order valence-corrected chi connectivity index (χ0v) is 14.7. The Kier molecular flexibility index (Phi) is 3.46. The molecule has 0 radical (unpaired) electrons. The van der Waals surface area contributed by atoms with E-state index in [1.54, 1.807) is 7.11 Å². The largest absolute Gasteiger partial charge is 0.498 e. The van der Waals surface area contributed by atoms with Gasteiger partial charge in [0.25, 0.3) is 0 Å². The monoisotopic (exact) mass is 331 g/mol. The van der Waals surface area contributed by atoms with Gasteiger partial charge in [0.05, 0.1) is 37.4 Å². The van der Waals surface area contributed by atoms with Crippen molar-refractivity contribution in [2.24, 2.45) is 0 Å². The fraction of sp³-hybridized carbons (Fsp3) is 0.588. The van der Waals surface area contributed by atoms with Gasteiger partial charge in [-0.3, -0.25) is 0 Å². The van der Waals surface area contributed by atoms with Crippen LogP contribution in [-0.2, 0) is 14.0 Å². The highest BCUT2D eigenvalue weighted by molar-refractivity contribution is 6.63. The van der Waals surface area contributed by atoms with E-state index in [4.69, 9.17) is 23.2 Å². The Morgan fingerprint density at radius 2 is 1.79 bits per heavy atom. The Bertz CT molecular complexity index is 765. The molecule has 2 fully saturated rings. The minimum atomic E-state index is -0.505. The molecule has 1 aromatic heterocycles. The van der Waals surface area contributed by atoms with Gasteiger partial charge >= 0.3 is 7.12 Å². The van der Waals surface area contributed by atoms with Crippen LogP contribution in [0.15, 0.2) is 16.5 Å². The molecule has 0 amide bonds. The summed E-state index contributed by atoms with van der Waals surface area (Å²) in [5.74, 6) is 1.64. The molecule has 6 nitrogen and oxygen atoms in total. The second kappa shape index (κ2) is 5.21. The molecule has 2 aliphatic rings. The van der Waals surface area contributed by atoms with Gasteiger partial charge in [-0.1, -0.05) is 0 Å². The van der Waals surface area contributed by atoms with Gasteiger partial charge in [-0.2, -0.15) is 0 Å². The third-order valence-electron chi connectivity index (χ3n) is 5.25. The number of nitrogens with zero attached hydrogens (tertiary/aromatic N) is 1. The van der Waals surface area contributed by atoms with Crippen LogP contribution >= 0.6 is 0 Å². The summed E-state index contributed by atoms with van der Waals surface area (Å²) < 4.78 is 29.0. The van der Waals surface area contributed by atoms with Crippen LogP contribution in [0.5, 0.6) is 5.75 Å². The topological polar surface area (TPSA) is 63.0 Å². The highest BCUT2D eigenvalue weighted by atomic mass is 16.7. The normalized spacial score (nSPS) is 22.8. The maximum absolute atomic E-state index is 6.14. The fourth-order valence-electron chi connectivity index (χ4n) is 2.87. The first-order chi connectivity index (χ1) is 11.3. The van der Waals surface area contributed by atoms with Crippen molar-refractivity contribution in [2.75, 3.05) is 20.3 Å². The van der Waals surface area contributed by atoms with Crippen molar-refractivity contribution >= 4 is 23.7 Å². The lowest BCUT2D eigenvalue weighted by atomic mass is 9.78. The van der Waals surface area contributed by atoms with Crippen LogP contribution in [0.4, 0.5) is 0 Å². The van der Waals surface area contributed by atoms with E-state index in [0.717, 1.165) is 11.0 Å². The van der Waals surface area contributed by atoms with E-state index in [-0.39, 0.29) is 5.92 Å². The molecule has 2 aliphatic heterocycles. The molecule has 7 heteroatoms. The summed E-state index contributed by atoms with van der Waals surface area (Å²) in [6.45, 7) is 9.44. The molecule has 3 heterocycles. The van der Waals surface area contributed by atoms with E-state index >= 15 is 0 Å². The lowest BCUT2D eigenvalue weighted by molar-refractivity contribution is -0.00172. The quantitative estimate of drug-likeness (QED) is 0.804. The summed E-state index contributed by atoms with van der Waals surface area (Å²) in [6.07, 6.45) is 0. The van der Waals surface area contributed by atoms with E-state index in [2.05, 4.69) is 4.98 Å². The SMILES string of the molecule is COc1cc2nc(C3COC3)oc2cc1B1OC(C)(C)C(C)(C)O1. The van der Waals surface area contributed by atoms with Gasteiger partial charge in [-0.15, -0.1) is 0 Å². The zero-order chi connectivity index (χ0) is 17.1. The first-order valence-corrected chi connectivity index (χ1v) is 8.22. The lowest BCUT2D eigenvalue weighted by Gasteiger charge is -2.32. The van der Waals surface area contributed by atoms with Gasteiger partial charge in [0.15, 0.2) is 5.58 Å². The van der Waals surface area contributed by atoms with Gasteiger partial charge in [-0.25, -0.2) is 4.98 Å². The number of ether oxygens (including phenoxy) is 2. The molecule has 0 atom stereocenters. The second-order valence-corrected chi connectivity index (χ2v) is 7.44. The third kappa shape index (κ3) is 2.34. The molecule has 0 spiro atoms. The predicted molar refractivity (Wildman–Crippen MR) is 89.8 cm³/mol. The van der Waals surface area contributed by atoms with Crippen molar-refractivity contribution in [1.29, 1.82) is 0 Å². The van der Waals surface area contributed by atoms with Crippen molar-refractivity contribution in [2.45, 2.75) is 44.8 Å². The number of oxazole rings is 1. The number of hydrogen-bond donors (Lipinski definition) is 0. The van der Waals surface area contributed by atoms with Crippen LogP contribution in [0.3, 0.4) is 0 Å². The van der Waals surface area contributed by atoms with E-state index in [1.807, 2.05) is 39.8 Å². The van der Waals surface area contributed by atoms with Crippen molar-refractivity contribution in [3.05, 3.63) is 18.0 Å². The average Bonchev–Trinajstić information content (AvgIpc) is 2.93. The van der Waals surface area contributed by atoms with Crippen LogP contribution in [-0.4, -0.2) is 43.6 Å². The van der Waals surface area contributed by atoms with Crippen LogP contribution in [0.2, 0.25) is 0 Å². The molecular formula is C17H22BNO5. The Morgan fingerprint density at radius 1 is 1.12 bits per heavy atom. The molecular weight excluding hydrogens is 309 g/mol. The molecule has 0 N–H and O–H groups in total. The van der Waals surface area contributed by atoms with Gasteiger partial charge < -0.3 is 23.2 Å². The maximum atomic E-state index is 6.14. The minimum Gasteiger partial charge on any atom is -0.497 e. The van der Waals surface area contributed by atoms with E-state index < -0.39 is 18.3 Å². The first-order valence-electron chi connectivity index (χ1n) is 8.22. The third-order valence-corrected chi connectivity index (χ3v) is 5.25. The molecule has 4 rings (SSSR count). The zero-order valence-electron chi connectivity index (χ0n) is 14.7. The van der Waals surface area contributed by atoms with Gasteiger partial charge in [0.2, 0.25) is 5.89 Å². The number of aromatic nitrogens is 1. The maximum Gasteiger partial charge on any atom is 0.498 e. The Morgan fingerprint density at radius 3 is 2.33 bits per heavy atom. The molecule has 0 aliphatic carbocycles. The molecule has 128 valence electrons. The standard InChI is InChI=1S/C17H22BNO5/c1-16(2)17(3,4)24-18(23-16)11-6-14-12(7-13(11)20-5)19-15(22-14)10-8-21-9-10/h6-7,10H,8-9H2,1-5H3. The molecule has 2 saturated heterocycles. The average molecular weight is 331 g/mol. The van der Waals surface area contributed by atoms with Crippen molar-refractivity contribution in [1.82, 2.24) is 4.98 Å². The molecule has 1 aromatic carbocycles. The van der Waals surface area contributed by atoms with Gasteiger partial charge in [0.1, 0.15) is 11.3 Å². The van der Waals surface area contributed by atoms with Crippen molar-refractivity contribution in [3.63, 3.8) is 0 Å². The van der Waals surface area contributed by atoms with Gasteiger partial charge in [0, 0.05) is 11.5 Å². The Labute approximate surface area is 141 Å². The summed E-state index contributed by atoms with van der Waals surface area (Å²) in [5.41, 5.74) is 1.48. The lowest BCUT2D eigenvalue weighted by Crippen LogP contribution is -2.41. The summed E-state index contributed by atoms with van der Waals surface area (Å²) in [6, 6.07) is 3.79. The van der Waals surface area contributed by atoms with E-state index in [0.29, 0.717) is 30.4 Å². The predicted octanol–water partition coefficient (Wildman–Crippen LogP) is 2.25. The van der Waals surface area contributed by atoms with Crippen molar-refractivity contribution in [3.8, 4) is 5.75 Å². The summed E-state index contributed by atoms with van der Waals surface area (Å²) >= 11 is 0. The fourth-order valence-corrected chi connectivity index (χ4v) is 2.87. The highest BCUT2D eigenvalue weighted by Gasteiger charge is 2.52. The van der Waals surface area contributed by atoms with E-state index in [9.17, 15) is 0 Å². The molecule has 2 aromatic rings. The van der Waals surface area contributed by atoms with Crippen LogP contribution in [0.25, 0.3) is 11.1 Å². The second-order valence-electron chi connectivity index (χ2n) is 7.44. The molecule has 24 heavy (non-hydrogen) atoms. The summed E-state index contributed by atoms with van der Waals surface area (Å²) in [5, 5.41) is 0. The Hall–Kier alpha value is -1.57. The van der Waals surface area contributed by atoms with Crippen LogP contribution in [0.1, 0.15) is 39.5 Å². The highest BCUT2D eigenvalue weighted by Crippen LogP contribution is 2.38. The van der Waals surface area contributed by atoms with Crippen LogP contribution < -0.4 is 10.2 Å². The molecule has 0 bridgehead atoms. The summed E-state index contributed by atoms with van der Waals surface area (Å²) in [4.78, 5) is 4.56.